The zero-order valence-electron chi connectivity index (χ0n) is 22.8. The predicted molar refractivity (Wildman–Crippen MR) is 156 cm³/mol. The molecule has 1 amide bonds. The highest BCUT2D eigenvalue weighted by atomic mass is 32.2. The fraction of sp³-hybridized carbons (Fsp3) is 0.273. The molecule has 3 atom stereocenters. The van der Waals surface area contributed by atoms with Gasteiger partial charge in [0, 0.05) is 23.3 Å². The van der Waals surface area contributed by atoms with Gasteiger partial charge in [0.25, 0.3) is 0 Å². The summed E-state index contributed by atoms with van der Waals surface area (Å²) in [6.07, 6.45) is 2.97. The SMILES string of the molecule is Cc1cccc(CN(C(=O)[C@H]2C[C@@H]2c2ccccc2)c2ccc3c(c2)[C@H](NS(=O)(=O)c2ccccc2F)CCC3)n1. The minimum Gasteiger partial charge on any atom is -0.306 e. The predicted octanol–water partition coefficient (Wildman–Crippen LogP) is 6.22. The molecular formula is C33H32FN3O3S. The molecule has 0 spiro atoms. The van der Waals surface area contributed by atoms with Crippen molar-refractivity contribution in [3.8, 4) is 0 Å². The van der Waals surface area contributed by atoms with Gasteiger partial charge in [-0.3, -0.25) is 9.78 Å². The molecule has 1 aromatic heterocycles. The van der Waals surface area contributed by atoms with E-state index in [0.29, 0.717) is 18.7 Å². The van der Waals surface area contributed by atoms with Gasteiger partial charge in [-0.1, -0.05) is 54.6 Å². The maximum atomic E-state index is 14.4. The summed E-state index contributed by atoms with van der Waals surface area (Å²) in [5.41, 5.74) is 5.36. The molecule has 41 heavy (non-hydrogen) atoms. The van der Waals surface area contributed by atoms with Crippen LogP contribution in [0.4, 0.5) is 10.1 Å². The largest absolute Gasteiger partial charge is 0.306 e. The van der Waals surface area contributed by atoms with Crippen molar-refractivity contribution in [3.05, 3.63) is 125 Å². The number of carbonyl (C=O) groups excluding carboxylic acids is 1. The first-order valence-electron chi connectivity index (χ1n) is 14.0. The molecule has 0 unspecified atom stereocenters. The van der Waals surface area contributed by atoms with Crippen molar-refractivity contribution in [2.45, 2.75) is 56.0 Å². The maximum Gasteiger partial charge on any atom is 0.244 e. The summed E-state index contributed by atoms with van der Waals surface area (Å²) in [7, 11) is -4.09. The Bertz CT molecular complexity index is 1690. The molecule has 1 heterocycles. The van der Waals surface area contributed by atoms with Gasteiger partial charge in [0.1, 0.15) is 10.7 Å². The molecule has 4 aromatic rings. The smallest absolute Gasteiger partial charge is 0.244 e. The average Bonchev–Trinajstić information content (AvgIpc) is 3.77. The van der Waals surface area contributed by atoms with E-state index in [1.54, 1.807) is 4.90 Å². The Balaban J connectivity index is 1.33. The van der Waals surface area contributed by atoms with Gasteiger partial charge in [-0.15, -0.1) is 0 Å². The summed E-state index contributed by atoms with van der Waals surface area (Å²) in [6, 6.07) is 26.6. The molecule has 6 nitrogen and oxygen atoms in total. The van der Waals surface area contributed by atoms with Gasteiger partial charge in [0.05, 0.1) is 12.2 Å². The molecule has 3 aromatic carbocycles. The maximum absolute atomic E-state index is 14.4. The van der Waals surface area contributed by atoms with Crippen LogP contribution in [0.1, 0.15) is 59.3 Å². The van der Waals surface area contributed by atoms with E-state index >= 15 is 0 Å². The van der Waals surface area contributed by atoms with Crippen molar-refractivity contribution in [2.75, 3.05) is 4.90 Å². The Morgan fingerprint density at radius 2 is 1.78 bits per heavy atom. The summed E-state index contributed by atoms with van der Waals surface area (Å²) in [5.74, 6) is -0.714. The summed E-state index contributed by atoms with van der Waals surface area (Å²) in [5, 5.41) is 0. The lowest BCUT2D eigenvalue weighted by molar-refractivity contribution is -0.120. The fourth-order valence-corrected chi connectivity index (χ4v) is 7.20. The molecule has 0 radical (unpaired) electrons. The van der Waals surface area contributed by atoms with Crippen LogP contribution >= 0.6 is 0 Å². The molecule has 1 N–H and O–H groups in total. The van der Waals surface area contributed by atoms with E-state index < -0.39 is 21.9 Å². The van der Waals surface area contributed by atoms with E-state index in [1.165, 1.54) is 18.2 Å². The number of pyridine rings is 1. The quantitative estimate of drug-likeness (QED) is 0.273. The molecule has 8 heteroatoms. The molecule has 210 valence electrons. The van der Waals surface area contributed by atoms with Crippen LogP contribution in [-0.4, -0.2) is 19.3 Å². The van der Waals surface area contributed by atoms with Gasteiger partial charge in [0.2, 0.25) is 15.9 Å². The van der Waals surface area contributed by atoms with Crippen LogP contribution in [0.25, 0.3) is 0 Å². The van der Waals surface area contributed by atoms with E-state index in [2.05, 4.69) is 21.8 Å². The first-order valence-corrected chi connectivity index (χ1v) is 15.5. The number of carbonyl (C=O) groups is 1. The Labute approximate surface area is 240 Å². The van der Waals surface area contributed by atoms with Crippen LogP contribution in [0.5, 0.6) is 0 Å². The lowest BCUT2D eigenvalue weighted by atomic mass is 9.87. The summed E-state index contributed by atoms with van der Waals surface area (Å²) >= 11 is 0. The molecule has 0 saturated heterocycles. The summed E-state index contributed by atoms with van der Waals surface area (Å²) < 4.78 is 43.5. The highest BCUT2D eigenvalue weighted by Gasteiger charge is 2.46. The summed E-state index contributed by atoms with van der Waals surface area (Å²) in [6.45, 7) is 2.23. The number of aryl methyl sites for hydroxylation is 2. The minimum atomic E-state index is -4.09. The van der Waals surface area contributed by atoms with Crippen LogP contribution in [-0.2, 0) is 27.8 Å². The van der Waals surface area contributed by atoms with Crippen LogP contribution in [0.3, 0.4) is 0 Å². The Morgan fingerprint density at radius 1 is 1.00 bits per heavy atom. The Morgan fingerprint density at radius 3 is 2.56 bits per heavy atom. The third-order valence-electron chi connectivity index (χ3n) is 8.05. The van der Waals surface area contributed by atoms with Crippen LogP contribution in [0.15, 0.2) is 95.9 Å². The lowest BCUT2D eigenvalue weighted by Crippen LogP contribution is -2.34. The summed E-state index contributed by atoms with van der Waals surface area (Å²) in [4.78, 5) is 20.1. The highest BCUT2D eigenvalue weighted by molar-refractivity contribution is 7.89. The third kappa shape index (κ3) is 5.80. The first-order chi connectivity index (χ1) is 19.8. The molecule has 1 fully saturated rings. The highest BCUT2D eigenvalue weighted by Crippen LogP contribution is 2.49. The molecule has 1 saturated carbocycles. The number of amides is 1. The molecule has 0 aliphatic heterocycles. The van der Waals surface area contributed by atoms with Gasteiger partial charge in [-0.25, -0.2) is 17.5 Å². The molecular weight excluding hydrogens is 537 g/mol. The van der Waals surface area contributed by atoms with Crippen molar-refractivity contribution in [1.29, 1.82) is 0 Å². The van der Waals surface area contributed by atoms with E-state index in [1.807, 2.05) is 61.5 Å². The number of sulfonamides is 1. The van der Waals surface area contributed by atoms with Gasteiger partial charge >= 0.3 is 0 Å². The van der Waals surface area contributed by atoms with Crippen LogP contribution in [0, 0.1) is 18.7 Å². The molecule has 2 aliphatic carbocycles. The normalized spacial score (nSPS) is 19.8. The number of nitrogens with one attached hydrogen (secondary N) is 1. The number of halogens is 1. The number of nitrogens with zero attached hydrogens (tertiary/aromatic N) is 2. The van der Waals surface area contributed by atoms with Crippen molar-refractivity contribution < 1.29 is 17.6 Å². The van der Waals surface area contributed by atoms with Crippen molar-refractivity contribution in [2.24, 2.45) is 5.92 Å². The Kier molecular flexibility index (Phi) is 7.45. The number of benzene rings is 3. The van der Waals surface area contributed by atoms with Gasteiger partial charge in [-0.05, 0) is 91.6 Å². The molecule has 2 aliphatic rings. The standard InChI is InChI=1S/C33H32FN3O3S/c1-22-9-7-13-25(35-22)21-37(33(38)29-20-27(29)23-10-3-2-4-11-23)26-18-17-24-12-8-15-31(28(24)19-26)36-41(39,40)32-16-6-5-14-30(32)34/h2-7,9-11,13-14,16-19,27,29,31,36H,8,12,15,20-21H2,1H3/t27-,29+,31-/m1/s1. The second kappa shape index (κ2) is 11.2. The zero-order valence-corrected chi connectivity index (χ0v) is 23.6. The molecule has 0 bridgehead atoms. The van der Waals surface area contributed by atoms with E-state index in [9.17, 15) is 17.6 Å². The fourth-order valence-electron chi connectivity index (χ4n) is 5.87. The number of anilines is 1. The monoisotopic (exact) mass is 569 g/mol. The first kappa shape index (κ1) is 27.3. The van der Waals surface area contributed by atoms with Gasteiger partial charge in [0.15, 0.2) is 0 Å². The minimum absolute atomic E-state index is 0.0291. The van der Waals surface area contributed by atoms with Crippen LogP contribution < -0.4 is 9.62 Å². The van der Waals surface area contributed by atoms with Crippen molar-refractivity contribution in [3.63, 3.8) is 0 Å². The number of hydrogen-bond donors (Lipinski definition) is 1. The number of aromatic nitrogens is 1. The average molecular weight is 570 g/mol. The van der Waals surface area contributed by atoms with E-state index in [4.69, 9.17) is 0 Å². The van der Waals surface area contributed by atoms with E-state index in [0.717, 1.165) is 53.4 Å². The van der Waals surface area contributed by atoms with Crippen LogP contribution in [0.2, 0.25) is 0 Å². The van der Waals surface area contributed by atoms with Crippen molar-refractivity contribution >= 4 is 21.6 Å². The number of fused-ring (bicyclic) bond motifs is 1. The van der Waals surface area contributed by atoms with Gasteiger partial charge < -0.3 is 4.90 Å². The van der Waals surface area contributed by atoms with E-state index in [-0.39, 0.29) is 22.6 Å². The lowest BCUT2D eigenvalue weighted by Gasteiger charge is -2.29. The molecule has 6 rings (SSSR count). The topological polar surface area (TPSA) is 79.4 Å². The Hall–Kier alpha value is -3.88. The second-order valence-corrected chi connectivity index (χ2v) is 12.6. The second-order valence-electron chi connectivity index (χ2n) is 10.9. The zero-order chi connectivity index (χ0) is 28.6. The number of rotatable bonds is 8. The van der Waals surface area contributed by atoms with Crippen molar-refractivity contribution in [1.82, 2.24) is 9.71 Å². The number of hydrogen-bond acceptors (Lipinski definition) is 4. The third-order valence-corrected chi connectivity index (χ3v) is 9.55. The van der Waals surface area contributed by atoms with Gasteiger partial charge in [-0.2, -0.15) is 0 Å².